The summed E-state index contributed by atoms with van der Waals surface area (Å²) in [5.74, 6) is 2.44. The third-order valence-electron chi connectivity index (χ3n) is 6.23. The number of carbonyl (C=O) groups excluding carboxylic acids is 1. The number of hydrazone groups is 1. The van der Waals surface area contributed by atoms with Gasteiger partial charge in [0.25, 0.3) is 5.91 Å². The molecule has 0 aliphatic rings. The van der Waals surface area contributed by atoms with Gasteiger partial charge in [-0.05, 0) is 31.5 Å². The van der Waals surface area contributed by atoms with Gasteiger partial charge in [0.2, 0.25) is 0 Å². The number of terminal acetylenes is 1. The molecule has 0 unspecified atom stereocenters. The lowest BCUT2D eigenvalue weighted by Gasteiger charge is -2.09. The molecule has 170 valence electrons. The Balaban J connectivity index is 1.51. The monoisotopic (exact) mass is 456 g/mol. The molecule has 0 atom stereocenters. The molecule has 0 radical (unpaired) electrons. The van der Waals surface area contributed by atoms with Crippen molar-refractivity contribution >= 4 is 33.9 Å². The Bertz CT molecular complexity index is 1640. The molecule has 5 aromatic rings. The number of aromatic nitrogens is 2. The molecule has 1 amide bonds. The van der Waals surface area contributed by atoms with Gasteiger partial charge in [-0.1, -0.05) is 72.7 Å². The van der Waals surface area contributed by atoms with Gasteiger partial charge in [-0.25, -0.2) is 10.4 Å². The molecule has 3 aromatic carbocycles. The number of carbonyl (C=O) groups is 1. The third kappa shape index (κ3) is 4.07. The van der Waals surface area contributed by atoms with Gasteiger partial charge in [0, 0.05) is 27.6 Å². The molecule has 2 heterocycles. The molecule has 0 aliphatic heterocycles. The number of amides is 1. The number of nitrogens with one attached hydrogen (secondary N) is 1. The zero-order valence-electron chi connectivity index (χ0n) is 19.6. The highest BCUT2D eigenvalue weighted by Gasteiger charge is 2.15. The second-order valence-corrected chi connectivity index (χ2v) is 8.40. The standard InChI is InChI=1S/C30H24N4O/c1-4-17-34-21(3)26(24-15-10-11-20(2)29(24)34)19-31-33-30(35)25-18-28(22-12-6-5-7-13-22)32-27-16-9-8-14-23(25)27/h1,5-16,18-19H,17H2,2-3H3,(H,33,35)/b31-19+. The molecule has 0 fully saturated rings. The summed E-state index contributed by atoms with van der Waals surface area (Å²) in [7, 11) is 0. The van der Waals surface area contributed by atoms with Crippen molar-refractivity contribution in [1.29, 1.82) is 0 Å². The van der Waals surface area contributed by atoms with E-state index in [0.717, 1.165) is 49.9 Å². The summed E-state index contributed by atoms with van der Waals surface area (Å²) in [5, 5.41) is 6.16. The highest BCUT2D eigenvalue weighted by atomic mass is 16.2. The third-order valence-corrected chi connectivity index (χ3v) is 6.23. The Morgan fingerprint density at radius 2 is 1.77 bits per heavy atom. The van der Waals surface area contributed by atoms with Crippen molar-refractivity contribution in [3.63, 3.8) is 0 Å². The molecular formula is C30H24N4O. The molecule has 0 bridgehead atoms. The Morgan fingerprint density at radius 3 is 2.57 bits per heavy atom. The van der Waals surface area contributed by atoms with Crippen LogP contribution in [0.15, 0.2) is 84.0 Å². The minimum atomic E-state index is -0.293. The Kier molecular flexibility index (Phi) is 5.87. The first-order valence-electron chi connectivity index (χ1n) is 11.4. The smallest absolute Gasteiger partial charge is 0.272 e. The second-order valence-electron chi connectivity index (χ2n) is 8.40. The summed E-state index contributed by atoms with van der Waals surface area (Å²) in [6.07, 6.45) is 7.32. The van der Waals surface area contributed by atoms with Gasteiger partial charge in [0.1, 0.15) is 0 Å². The molecule has 0 saturated carbocycles. The zero-order valence-corrected chi connectivity index (χ0v) is 19.6. The van der Waals surface area contributed by atoms with Gasteiger partial charge >= 0.3 is 0 Å². The summed E-state index contributed by atoms with van der Waals surface area (Å²) >= 11 is 0. The molecule has 5 rings (SSSR count). The molecular weight excluding hydrogens is 432 g/mol. The first-order valence-corrected chi connectivity index (χ1v) is 11.4. The predicted octanol–water partition coefficient (Wildman–Crippen LogP) is 5.87. The van der Waals surface area contributed by atoms with Crippen molar-refractivity contribution in [3.8, 4) is 23.6 Å². The van der Waals surface area contributed by atoms with Crippen molar-refractivity contribution in [3.05, 3.63) is 101 Å². The van der Waals surface area contributed by atoms with Gasteiger partial charge < -0.3 is 4.57 Å². The molecule has 0 spiro atoms. The number of hydrogen-bond acceptors (Lipinski definition) is 3. The lowest BCUT2D eigenvalue weighted by Crippen LogP contribution is -2.18. The lowest BCUT2D eigenvalue weighted by molar-refractivity contribution is 0.0956. The van der Waals surface area contributed by atoms with E-state index in [9.17, 15) is 4.79 Å². The summed E-state index contributed by atoms with van der Waals surface area (Å²) in [5.41, 5.74) is 9.85. The molecule has 5 heteroatoms. The van der Waals surface area contributed by atoms with Crippen LogP contribution in [0.4, 0.5) is 0 Å². The Labute approximate surface area is 204 Å². The highest BCUT2D eigenvalue weighted by Crippen LogP contribution is 2.28. The van der Waals surface area contributed by atoms with Crippen molar-refractivity contribution in [2.45, 2.75) is 20.4 Å². The number of nitrogens with zero attached hydrogens (tertiary/aromatic N) is 3. The number of rotatable bonds is 5. The van der Waals surface area contributed by atoms with Crippen LogP contribution in [0.2, 0.25) is 0 Å². The summed E-state index contributed by atoms with van der Waals surface area (Å²) < 4.78 is 2.11. The summed E-state index contributed by atoms with van der Waals surface area (Å²) in [4.78, 5) is 18.0. The summed E-state index contributed by atoms with van der Waals surface area (Å²) in [6, 6.07) is 25.4. The fourth-order valence-electron chi connectivity index (χ4n) is 4.53. The maximum absolute atomic E-state index is 13.3. The van der Waals surface area contributed by atoms with Crippen LogP contribution < -0.4 is 5.43 Å². The second kappa shape index (κ2) is 9.28. The summed E-state index contributed by atoms with van der Waals surface area (Å²) in [6.45, 7) is 4.55. The zero-order chi connectivity index (χ0) is 24.4. The average molecular weight is 457 g/mol. The maximum atomic E-state index is 13.3. The van der Waals surface area contributed by atoms with Crippen LogP contribution in [0.1, 0.15) is 27.2 Å². The number of hydrogen-bond donors (Lipinski definition) is 1. The van der Waals surface area contributed by atoms with E-state index in [2.05, 4.69) is 34.0 Å². The number of aryl methyl sites for hydroxylation is 1. The lowest BCUT2D eigenvalue weighted by atomic mass is 10.0. The van der Waals surface area contributed by atoms with Crippen LogP contribution in [-0.2, 0) is 6.54 Å². The molecule has 2 aromatic heterocycles. The number of fused-ring (bicyclic) bond motifs is 2. The first-order chi connectivity index (χ1) is 17.1. The van der Waals surface area contributed by atoms with Crippen LogP contribution >= 0.6 is 0 Å². The van der Waals surface area contributed by atoms with E-state index in [1.165, 1.54) is 0 Å². The van der Waals surface area contributed by atoms with Crippen molar-refractivity contribution < 1.29 is 4.79 Å². The van der Waals surface area contributed by atoms with E-state index in [-0.39, 0.29) is 5.91 Å². The molecule has 5 nitrogen and oxygen atoms in total. The van der Waals surface area contributed by atoms with Crippen molar-refractivity contribution in [1.82, 2.24) is 15.0 Å². The number of para-hydroxylation sites is 2. The first kappa shape index (κ1) is 22.1. The van der Waals surface area contributed by atoms with E-state index in [1.807, 2.05) is 79.7 Å². The Morgan fingerprint density at radius 1 is 1.03 bits per heavy atom. The largest absolute Gasteiger partial charge is 0.332 e. The average Bonchev–Trinajstić information content (AvgIpc) is 3.16. The minimum Gasteiger partial charge on any atom is -0.332 e. The van der Waals surface area contributed by atoms with Crippen LogP contribution in [0.25, 0.3) is 33.1 Å². The van der Waals surface area contributed by atoms with E-state index >= 15 is 0 Å². The van der Waals surface area contributed by atoms with Crippen LogP contribution in [0.5, 0.6) is 0 Å². The fourth-order valence-corrected chi connectivity index (χ4v) is 4.53. The van der Waals surface area contributed by atoms with E-state index in [0.29, 0.717) is 12.1 Å². The topological polar surface area (TPSA) is 59.3 Å². The van der Waals surface area contributed by atoms with Gasteiger partial charge in [-0.15, -0.1) is 6.42 Å². The van der Waals surface area contributed by atoms with Crippen LogP contribution in [-0.4, -0.2) is 21.7 Å². The maximum Gasteiger partial charge on any atom is 0.272 e. The van der Waals surface area contributed by atoms with E-state index in [4.69, 9.17) is 11.4 Å². The van der Waals surface area contributed by atoms with Gasteiger partial charge in [-0.2, -0.15) is 5.10 Å². The molecule has 0 aliphatic carbocycles. The van der Waals surface area contributed by atoms with E-state index < -0.39 is 0 Å². The normalized spacial score (nSPS) is 11.2. The van der Waals surface area contributed by atoms with E-state index in [1.54, 1.807) is 6.21 Å². The number of benzene rings is 3. The van der Waals surface area contributed by atoms with Crippen molar-refractivity contribution in [2.75, 3.05) is 0 Å². The molecule has 1 N–H and O–H groups in total. The van der Waals surface area contributed by atoms with Gasteiger partial charge in [0.05, 0.1) is 35.1 Å². The van der Waals surface area contributed by atoms with Gasteiger partial charge in [-0.3, -0.25) is 4.79 Å². The molecule has 0 saturated heterocycles. The van der Waals surface area contributed by atoms with Crippen LogP contribution in [0.3, 0.4) is 0 Å². The number of pyridine rings is 1. The fraction of sp³-hybridized carbons (Fsp3) is 0.100. The predicted molar refractivity (Wildman–Crippen MR) is 142 cm³/mol. The highest BCUT2D eigenvalue weighted by molar-refractivity contribution is 6.08. The van der Waals surface area contributed by atoms with Crippen LogP contribution in [0, 0.1) is 26.2 Å². The minimum absolute atomic E-state index is 0.293. The molecule has 35 heavy (non-hydrogen) atoms. The SMILES string of the molecule is C#CCn1c(C)c(/C=N/NC(=O)c2cc(-c3ccccc3)nc3ccccc23)c2cccc(C)c21. The van der Waals surface area contributed by atoms with Crippen molar-refractivity contribution in [2.24, 2.45) is 5.10 Å². The quantitative estimate of drug-likeness (QED) is 0.204. The Hall–Kier alpha value is -4.69. The van der Waals surface area contributed by atoms with Gasteiger partial charge in [0.15, 0.2) is 0 Å².